The highest BCUT2D eigenvalue weighted by molar-refractivity contribution is 5.86. The van der Waals surface area contributed by atoms with Crippen LogP contribution < -0.4 is 10.7 Å². The molecule has 0 aliphatic heterocycles. The molecule has 1 aliphatic carbocycles. The van der Waals surface area contributed by atoms with Crippen LogP contribution in [0.2, 0.25) is 0 Å². The molecule has 4 nitrogen and oxygen atoms in total. The Morgan fingerprint density at radius 2 is 1.77 bits per heavy atom. The van der Waals surface area contributed by atoms with Crippen molar-refractivity contribution in [2.75, 3.05) is 13.6 Å². The molecule has 2 aromatic carbocycles. The van der Waals surface area contributed by atoms with Gasteiger partial charge in [0.2, 0.25) is 5.96 Å². The number of rotatable bonds is 5. The minimum Gasteiger partial charge on any atom is -0.354 e. The highest BCUT2D eigenvalue weighted by Crippen LogP contribution is 2.47. The predicted molar refractivity (Wildman–Crippen MR) is 105 cm³/mol. The Kier molecular flexibility index (Phi) is 5.35. The van der Waals surface area contributed by atoms with E-state index < -0.39 is 0 Å². The first-order chi connectivity index (χ1) is 12.5. The number of hydrazone groups is 1. The summed E-state index contributed by atoms with van der Waals surface area (Å²) in [5, 5.41) is 7.65. The molecule has 1 saturated carbocycles. The van der Waals surface area contributed by atoms with Gasteiger partial charge in [0, 0.05) is 24.6 Å². The maximum absolute atomic E-state index is 13.1. The predicted octanol–water partition coefficient (Wildman–Crippen LogP) is 3.67. The zero-order chi connectivity index (χ0) is 18.6. The van der Waals surface area contributed by atoms with Gasteiger partial charge in [-0.05, 0) is 55.5 Å². The topological polar surface area (TPSA) is 48.8 Å². The van der Waals surface area contributed by atoms with E-state index in [0.29, 0.717) is 5.96 Å². The molecule has 0 radical (unpaired) electrons. The molecule has 1 fully saturated rings. The van der Waals surface area contributed by atoms with Gasteiger partial charge in [-0.15, -0.1) is 0 Å². The molecule has 0 amide bonds. The second kappa shape index (κ2) is 7.68. The van der Waals surface area contributed by atoms with Crippen LogP contribution in [-0.4, -0.2) is 25.8 Å². The van der Waals surface area contributed by atoms with Gasteiger partial charge >= 0.3 is 0 Å². The van der Waals surface area contributed by atoms with Crippen LogP contribution in [0, 0.1) is 19.7 Å². The van der Waals surface area contributed by atoms with E-state index in [1.807, 2.05) is 24.4 Å². The monoisotopic (exact) mass is 352 g/mol. The summed E-state index contributed by atoms with van der Waals surface area (Å²) in [7, 11) is 1.72. The molecule has 2 N–H and O–H groups in total. The first-order valence-corrected chi connectivity index (χ1v) is 8.86. The summed E-state index contributed by atoms with van der Waals surface area (Å²) in [6.45, 7) is 4.89. The average Bonchev–Trinajstić information content (AvgIpc) is 3.42. The number of aryl methyl sites for hydroxylation is 2. The zero-order valence-electron chi connectivity index (χ0n) is 15.5. The summed E-state index contributed by atoms with van der Waals surface area (Å²) >= 11 is 0. The zero-order valence-corrected chi connectivity index (χ0v) is 15.5. The van der Waals surface area contributed by atoms with Gasteiger partial charge in [-0.3, -0.25) is 4.99 Å². The largest absolute Gasteiger partial charge is 0.354 e. The standard InChI is InChI=1S/C21H25FN4/c1-15-5-4-6-16(2)19(15)13-25-26-20(23-3)24-14-21(11-12-21)17-7-9-18(22)10-8-17/h4-10,13H,11-12,14H2,1-3H3,(H2,23,24,26). The molecule has 1 aliphatic rings. The Labute approximate surface area is 154 Å². The van der Waals surface area contributed by atoms with Crippen molar-refractivity contribution in [1.82, 2.24) is 10.7 Å². The number of guanidine groups is 1. The van der Waals surface area contributed by atoms with Crippen LogP contribution in [0.1, 0.15) is 35.1 Å². The van der Waals surface area contributed by atoms with Crippen LogP contribution in [0.3, 0.4) is 0 Å². The molecule has 136 valence electrons. The number of hydrogen-bond acceptors (Lipinski definition) is 2. The Morgan fingerprint density at radius 3 is 2.35 bits per heavy atom. The van der Waals surface area contributed by atoms with Crippen molar-refractivity contribution in [1.29, 1.82) is 0 Å². The van der Waals surface area contributed by atoms with Gasteiger partial charge in [0.1, 0.15) is 5.82 Å². The number of benzene rings is 2. The van der Waals surface area contributed by atoms with Gasteiger partial charge in [-0.25, -0.2) is 9.82 Å². The Balaban J connectivity index is 1.59. The summed E-state index contributed by atoms with van der Waals surface area (Å²) < 4.78 is 13.1. The Hall–Kier alpha value is -2.69. The third kappa shape index (κ3) is 4.10. The lowest BCUT2D eigenvalue weighted by molar-refractivity contribution is 0.618. The molecule has 0 aromatic heterocycles. The van der Waals surface area contributed by atoms with Crippen LogP contribution in [0.25, 0.3) is 0 Å². The maximum Gasteiger partial charge on any atom is 0.211 e. The summed E-state index contributed by atoms with van der Waals surface area (Å²) in [6.07, 6.45) is 4.01. The molecule has 3 rings (SSSR count). The van der Waals surface area contributed by atoms with Crippen LogP contribution >= 0.6 is 0 Å². The lowest BCUT2D eigenvalue weighted by Gasteiger charge is -2.18. The van der Waals surface area contributed by atoms with E-state index in [9.17, 15) is 4.39 Å². The van der Waals surface area contributed by atoms with E-state index in [4.69, 9.17) is 0 Å². The third-order valence-electron chi connectivity index (χ3n) is 5.03. The number of nitrogens with one attached hydrogen (secondary N) is 2. The molecule has 5 heteroatoms. The van der Waals surface area contributed by atoms with Crippen molar-refractivity contribution < 1.29 is 4.39 Å². The molecule has 0 saturated heterocycles. The van der Waals surface area contributed by atoms with Crippen molar-refractivity contribution in [3.05, 3.63) is 70.5 Å². The van der Waals surface area contributed by atoms with E-state index in [1.165, 1.54) is 28.8 Å². The van der Waals surface area contributed by atoms with E-state index in [-0.39, 0.29) is 11.2 Å². The molecule has 0 heterocycles. The molecular weight excluding hydrogens is 327 g/mol. The highest BCUT2D eigenvalue weighted by Gasteiger charge is 2.44. The van der Waals surface area contributed by atoms with Gasteiger partial charge in [-0.1, -0.05) is 30.3 Å². The molecule has 26 heavy (non-hydrogen) atoms. The second-order valence-corrected chi connectivity index (χ2v) is 6.89. The van der Waals surface area contributed by atoms with Gasteiger partial charge in [0.25, 0.3) is 0 Å². The smallest absolute Gasteiger partial charge is 0.211 e. The quantitative estimate of drug-likeness (QED) is 0.490. The molecule has 0 bridgehead atoms. The second-order valence-electron chi connectivity index (χ2n) is 6.89. The first kappa shape index (κ1) is 18.1. The fraction of sp³-hybridized carbons (Fsp3) is 0.333. The molecule has 2 aromatic rings. The minimum atomic E-state index is -0.198. The molecule has 0 atom stereocenters. The van der Waals surface area contributed by atoms with Crippen LogP contribution in [0.15, 0.2) is 52.6 Å². The van der Waals surface area contributed by atoms with Crippen molar-refractivity contribution in [2.45, 2.75) is 32.1 Å². The SMILES string of the molecule is CN=C(NCC1(c2ccc(F)cc2)CC1)NN=Cc1c(C)cccc1C. The van der Waals surface area contributed by atoms with Crippen LogP contribution in [0.4, 0.5) is 4.39 Å². The maximum atomic E-state index is 13.1. The van der Waals surface area contributed by atoms with Crippen LogP contribution in [-0.2, 0) is 5.41 Å². The normalized spacial score (nSPS) is 15.9. The molecular formula is C21H25FN4. The van der Waals surface area contributed by atoms with E-state index >= 15 is 0 Å². The van der Waals surface area contributed by atoms with Crippen molar-refractivity contribution in [3.63, 3.8) is 0 Å². The third-order valence-corrected chi connectivity index (χ3v) is 5.03. The number of aliphatic imine (C=N–C) groups is 1. The van der Waals surface area contributed by atoms with Crippen molar-refractivity contribution in [3.8, 4) is 0 Å². The summed E-state index contributed by atoms with van der Waals surface area (Å²) in [5.74, 6) is 0.427. The van der Waals surface area contributed by atoms with Crippen molar-refractivity contribution >= 4 is 12.2 Å². The van der Waals surface area contributed by atoms with Gasteiger partial charge in [-0.2, -0.15) is 5.10 Å². The fourth-order valence-corrected chi connectivity index (χ4v) is 3.13. The number of halogens is 1. The number of nitrogens with zero attached hydrogens (tertiary/aromatic N) is 2. The van der Waals surface area contributed by atoms with E-state index in [2.05, 4.69) is 46.8 Å². The lowest BCUT2D eigenvalue weighted by atomic mass is 9.96. The average molecular weight is 352 g/mol. The van der Waals surface area contributed by atoms with Crippen LogP contribution in [0.5, 0.6) is 0 Å². The summed E-state index contributed by atoms with van der Waals surface area (Å²) in [4.78, 5) is 4.22. The van der Waals surface area contributed by atoms with Crippen molar-refractivity contribution in [2.24, 2.45) is 10.1 Å². The Morgan fingerprint density at radius 1 is 1.12 bits per heavy atom. The van der Waals surface area contributed by atoms with Gasteiger partial charge < -0.3 is 5.32 Å². The van der Waals surface area contributed by atoms with Gasteiger partial charge in [0.15, 0.2) is 0 Å². The highest BCUT2D eigenvalue weighted by atomic mass is 19.1. The number of hydrogen-bond donors (Lipinski definition) is 2. The lowest BCUT2D eigenvalue weighted by Crippen LogP contribution is -2.39. The van der Waals surface area contributed by atoms with E-state index in [1.54, 1.807) is 7.05 Å². The summed E-state index contributed by atoms with van der Waals surface area (Å²) in [6, 6.07) is 13.0. The van der Waals surface area contributed by atoms with E-state index in [0.717, 1.165) is 24.9 Å². The first-order valence-electron chi connectivity index (χ1n) is 8.86. The minimum absolute atomic E-state index is 0.0711. The Bertz CT molecular complexity index is 800. The molecule has 0 unspecified atom stereocenters. The molecule has 0 spiro atoms. The fourth-order valence-electron chi connectivity index (χ4n) is 3.13. The summed E-state index contributed by atoms with van der Waals surface area (Å²) in [5.41, 5.74) is 7.71. The van der Waals surface area contributed by atoms with Gasteiger partial charge in [0.05, 0.1) is 6.21 Å².